The molecule has 0 aliphatic carbocycles. The molecule has 8 heteroatoms. The van der Waals surface area contributed by atoms with Crippen molar-refractivity contribution in [3.05, 3.63) is 84.0 Å². The summed E-state index contributed by atoms with van der Waals surface area (Å²) in [7, 11) is 2.02. The van der Waals surface area contributed by atoms with Gasteiger partial charge in [0, 0.05) is 45.1 Å². The van der Waals surface area contributed by atoms with E-state index in [9.17, 15) is 4.39 Å². The van der Waals surface area contributed by atoms with Gasteiger partial charge in [-0.25, -0.2) is 14.4 Å². The minimum atomic E-state index is -0.217. The number of hydrogen-bond acceptors (Lipinski definition) is 6. The van der Waals surface area contributed by atoms with Crippen LogP contribution < -0.4 is 21.0 Å². The van der Waals surface area contributed by atoms with Gasteiger partial charge in [-0.1, -0.05) is 46.4 Å². The Hall–Kier alpha value is -3.49. The number of amidine groups is 1. The Kier molecular flexibility index (Phi) is 13.8. The van der Waals surface area contributed by atoms with Crippen molar-refractivity contribution in [3.63, 3.8) is 0 Å². The van der Waals surface area contributed by atoms with Crippen LogP contribution in [-0.2, 0) is 13.0 Å². The van der Waals surface area contributed by atoms with E-state index in [1.54, 1.807) is 24.7 Å². The first-order valence-corrected chi connectivity index (χ1v) is 13.5. The highest BCUT2D eigenvalue weighted by molar-refractivity contribution is 6.05. The van der Waals surface area contributed by atoms with Crippen molar-refractivity contribution in [2.45, 2.75) is 47.1 Å². The third-order valence-electron chi connectivity index (χ3n) is 5.80. The van der Waals surface area contributed by atoms with E-state index in [1.165, 1.54) is 11.6 Å². The maximum absolute atomic E-state index is 13.6. The molecule has 206 valence electrons. The topological polar surface area (TPSA) is 67.3 Å². The molecule has 0 aromatic heterocycles. The van der Waals surface area contributed by atoms with Gasteiger partial charge >= 0.3 is 0 Å². The predicted molar refractivity (Wildman–Crippen MR) is 161 cm³/mol. The number of anilines is 1. The lowest BCUT2D eigenvalue weighted by molar-refractivity contribution is 0.436. The second kappa shape index (κ2) is 17.1. The third-order valence-corrected chi connectivity index (χ3v) is 5.80. The van der Waals surface area contributed by atoms with E-state index in [4.69, 9.17) is 4.99 Å². The molecule has 0 unspecified atom stereocenters. The number of hydrazine groups is 1. The number of aryl methyl sites for hydroxylation is 1. The van der Waals surface area contributed by atoms with Gasteiger partial charge in [-0.3, -0.25) is 10.4 Å². The van der Waals surface area contributed by atoms with Gasteiger partial charge in [0.1, 0.15) is 17.9 Å². The molecule has 3 rings (SSSR count). The second-order valence-electron chi connectivity index (χ2n) is 8.57. The number of nitrogens with zero attached hydrogens (tertiary/aromatic N) is 4. The number of benzene rings is 2. The zero-order valence-electron chi connectivity index (χ0n) is 23.6. The van der Waals surface area contributed by atoms with Gasteiger partial charge in [0.25, 0.3) is 0 Å². The van der Waals surface area contributed by atoms with E-state index in [2.05, 4.69) is 64.6 Å². The van der Waals surface area contributed by atoms with E-state index in [-0.39, 0.29) is 5.82 Å². The Morgan fingerprint density at radius 3 is 2.61 bits per heavy atom. The summed E-state index contributed by atoms with van der Waals surface area (Å²) in [5.74, 6) is 0.397. The summed E-state index contributed by atoms with van der Waals surface area (Å²) in [6.07, 6.45) is 7.36. The molecule has 7 nitrogen and oxygen atoms in total. The van der Waals surface area contributed by atoms with Crippen molar-refractivity contribution in [2.24, 2.45) is 9.98 Å². The Morgan fingerprint density at radius 1 is 1.11 bits per heavy atom. The van der Waals surface area contributed by atoms with Gasteiger partial charge in [0.15, 0.2) is 5.84 Å². The highest BCUT2D eigenvalue weighted by Crippen LogP contribution is 2.28. The van der Waals surface area contributed by atoms with Gasteiger partial charge in [0.2, 0.25) is 0 Å². The van der Waals surface area contributed by atoms with E-state index in [1.807, 2.05) is 38.0 Å². The molecule has 1 heterocycles. The molecule has 0 amide bonds. The normalized spacial score (nSPS) is 14.7. The molecule has 1 aliphatic heterocycles. The van der Waals surface area contributed by atoms with E-state index >= 15 is 0 Å². The number of rotatable bonds is 13. The molecule has 0 bridgehead atoms. The van der Waals surface area contributed by atoms with Crippen molar-refractivity contribution in [2.75, 3.05) is 38.1 Å². The molecule has 0 spiro atoms. The van der Waals surface area contributed by atoms with Gasteiger partial charge in [-0.05, 0) is 66.9 Å². The van der Waals surface area contributed by atoms with Crippen LogP contribution in [-0.4, -0.2) is 50.4 Å². The fourth-order valence-electron chi connectivity index (χ4n) is 3.99. The summed E-state index contributed by atoms with van der Waals surface area (Å²) < 4.78 is 13.6. The number of nitrogens with one attached hydrogen (secondary N) is 3. The zero-order valence-corrected chi connectivity index (χ0v) is 23.6. The molecule has 0 radical (unpaired) electrons. The van der Waals surface area contributed by atoms with Crippen LogP contribution in [0, 0.1) is 5.82 Å². The minimum Gasteiger partial charge on any atom is -0.370 e. The molecule has 38 heavy (non-hydrogen) atoms. The minimum absolute atomic E-state index is 0.217. The van der Waals surface area contributed by atoms with Crippen LogP contribution in [0.25, 0.3) is 0 Å². The van der Waals surface area contributed by atoms with Crippen molar-refractivity contribution in [1.29, 1.82) is 0 Å². The van der Waals surface area contributed by atoms with Crippen LogP contribution in [0.4, 0.5) is 15.8 Å². The fourth-order valence-corrected chi connectivity index (χ4v) is 3.99. The molecule has 1 aliphatic rings. The van der Waals surface area contributed by atoms with Crippen molar-refractivity contribution in [3.8, 4) is 0 Å². The molecular weight excluding hydrogens is 477 g/mol. The summed E-state index contributed by atoms with van der Waals surface area (Å²) in [4.78, 5) is 11.5. The fraction of sp³-hybridized carbons (Fsp3) is 0.400. The maximum atomic E-state index is 13.6. The summed E-state index contributed by atoms with van der Waals surface area (Å²) in [6, 6.07) is 12.9. The van der Waals surface area contributed by atoms with Gasteiger partial charge < -0.3 is 15.5 Å². The standard InChI is InChI=1S/C28H38FN7.C2H6/c1-5-14-30-16-17-31-15-13-27-28(32-21-33-36(27)7-3)34-25-11-12-26(23(6-2)19-25)35(4)20-22-9-8-10-24(29)18-22;1-2/h7-13,18-19,21,30-31H,3,5-6,14-17,20H2,1-2,4H3,(H,32,33,34);1-2H3/b27-13+;. The largest absolute Gasteiger partial charge is 0.370 e. The molecular formula is C30H44FN7. The number of halogens is 1. The quantitative estimate of drug-likeness (QED) is 0.302. The van der Waals surface area contributed by atoms with Gasteiger partial charge in [-0.2, -0.15) is 0 Å². The van der Waals surface area contributed by atoms with Crippen LogP contribution in [0.15, 0.2) is 77.0 Å². The Bertz CT molecular complexity index is 1090. The summed E-state index contributed by atoms with van der Waals surface area (Å²) in [6.45, 7) is 16.3. The van der Waals surface area contributed by atoms with Crippen molar-refractivity contribution < 1.29 is 4.39 Å². The zero-order chi connectivity index (χ0) is 27.8. The molecule has 3 N–H and O–H groups in total. The lowest BCUT2D eigenvalue weighted by Gasteiger charge is -2.26. The lowest BCUT2D eigenvalue weighted by atomic mass is 10.1. The van der Waals surface area contributed by atoms with Crippen LogP contribution in [0.3, 0.4) is 0 Å². The van der Waals surface area contributed by atoms with Crippen LogP contribution in [0.1, 0.15) is 45.2 Å². The monoisotopic (exact) mass is 521 g/mol. The summed E-state index contributed by atoms with van der Waals surface area (Å²) >= 11 is 0. The average molecular weight is 522 g/mol. The second-order valence-corrected chi connectivity index (χ2v) is 8.57. The Balaban J connectivity index is 0.00000247. The molecule has 0 saturated carbocycles. The number of hydrogen-bond donors (Lipinski definition) is 3. The molecule has 2 aromatic rings. The Morgan fingerprint density at radius 2 is 1.89 bits per heavy atom. The van der Waals surface area contributed by atoms with E-state index in [0.29, 0.717) is 18.9 Å². The molecule has 0 saturated heterocycles. The average Bonchev–Trinajstić information content (AvgIpc) is 2.94. The van der Waals surface area contributed by atoms with E-state index < -0.39 is 0 Å². The van der Waals surface area contributed by atoms with Crippen LogP contribution in [0.5, 0.6) is 0 Å². The van der Waals surface area contributed by atoms with Crippen molar-refractivity contribution >= 4 is 23.5 Å². The van der Waals surface area contributed by atoms with Gasteiger partial charge in [0.05, 0.1) is 5.69 Å². The molecule has 0 atom stereocenters. The van der Waals surface area contributed by atoms with Crippen LogP contribution in [0.2, 0.25) is 0 Å². The lowest BCUT2D eigenvalue weighted by Crippen LogP contribution is -2.39. The van der Waals surface area contributed by atoms with E-state index in [0.717, 1.165) is 55.1 Å². The Labute approximate surface area is 228 Å². The summed E-state index contributed by atoms with van der Waals surface area (Å²) in [5.41, 5.74) is 7.95. The summed E-state index contributed by atoms with van der Waals surface area (Å²) in [5, 5.41) is 8.61. The third kappa shape index (κ3) is 9.43. The molecule has 2 aromatic carbocycles. The highest BCUT2D eigenvalue weighted by Gasteiger charge is 2.17. The van der Waals surface area contributed by atoms with Crippen LogP contribution >= 0.6 is 0 Å². The first kappa shape index (κ1) is 30.7. The van der Waals surface area contributed by atoms with Crippen molar-refractivity contribution in [1.82, 2.24) is 21.1 Å². The predicted octanol–water partition coefficient (Wildman–Crippen LogP) is 5.55. The number of aliphatic imine (C=N–C) groups is 2. The molecule has 0 fully saturated rings. The SMILES string of the molecule is C=CN1NC=NC(=Nc2ccc(N(C)Cc3cccc(F)c3)c(CC)c2)/C1=C\CNCCNCCC.CC. The first-order chi connectivity index (χ1) is 18.5. The maximum Gasteiger partial charge on any atom is 0.179 e. The first-order valence-electron chi connectivity index (χ1n) is 13.5. The highest BCUT2D eigenvalue weighted by atomic mass is 19.1. The smallest absolute Gasteiger partial charge is 0.179 e. The van der Waals surface area contributed by atoms with Gasteiger partial charge in [-0.15, -0.1) is 0 Å².